The van der Waals surface area contributed by atoms with Gasteiger partial charge < -0.3 is 15.4 Å². The Balaban J connectivity index is 1.40. The summed E-state index contributed by atoms with van der Waals surface area (Å²) in [6.07, 6.45) is 5.12. The molecule has 2 heterocycles. The maximum absolute atomic E-state index is 12.1. The van der Waals surface area contributed by atoms with E-state index < -0.39 is 0 Å². The number of anilines is 2. The molecule has 0 atom stereocenters. The first kappa shape index (κ1) is 19.4. The zero-order valence-corrected chi connectivity index (χ0v) is 16.7. The summed E-state index contributed by atoms with van der Waals surface area (Å²) < 4.78 is 7.61. The lowest BCUT2D eigenvalue weighted by Gasteiger charge is -2.10. The van der Waals surface area contributed by atoms with E-state index in [1.165, 1.54) is 0 Å². The molecule has 4 aromatic rings. The Morgan fingerprint density at radius 3 is 2.30 bits per heavy atom. The van der Waals surface area contributed by atoms with Gasteiger partial charge in [-0.05, 0) is 55.5 Å². The van der Waals surface area contributed by atoms with Crippen LogP contribution in [0, 0.1) is 6.92 Å². The van der Waals surface area contributed by atoms with E-state index in [1.807, 2.05) is 0 Å². The Morgan fingerprint density at radius 1 is 1.00 bits per heavy atom. The van der Waals surface area contributed by atoms with Crippen LogP contribution >= 0.6 is 11.6 Å². The van der Waals surface area contributed by atoms with Gasteiger partial charge in [0, 0.05) is 34.9 Å². The van der Waals surface area contributed by atoms with Crippen molar-refractivity contribution in [2.45, 2.75) is 6.92 Å². The van der Waals surface area contributed by atoms with Crippen LogP contribution in [0.5, 0.6) is 11.6 Å². The van der Waals surface area contributed by atoms with Crippen LogP contribution in [-0.2, 0) is 0 Å². The summed E-state index contributed by atoms with van der Waals surface area (Å²) in [5.41, 5.74) is 1.26. The molecule has 150 valence electrons. The van der Waals surface area contributed by atoms with E-state index in [-0.39, 0.29) is 6.03 Å². The molecule has 4 rings (SSSR count). The minimum atomic E-state index is -0.359. The van der Waals surface area contributed by atoms with Gasteiger partial charge in [0.15, 0.2) is 0 Å². The molecule has 0 saturated heterocycles. The molecular formula is C21H17ClN6O2. The largest absolute Gasteiger partial charge is 0.439 e. The van der Waals surface area contributed by atoms with Crippen molar-refractivity contribution in [2.75, 3.05) is 10.6 Å². The average Bonchev–Trinajstić information content (AvgIpc) is 3.26. The van der Waals surface area contributed by atoms with Gasteiger partial charge in [-0.25, -0.2) is 14.8 Å². The van der Waals surface area contributed by atoms with Gasteiger partial charge in [-0.3, -0.25) is 4.57 Å². The van der Waals surface area contributed by atoms with Gasteiger partial charge in [-0.15, -0.1) is 0 Å². The summed E-state index contributed by atoms with van der Waals surface area (Å²) in [5, 5.41) is 6.10. The van der Waals surface area contributed by atoms with Crippen molar-refractivity contribution in [2.24, 2.45) is 0 Å². The number of hydrogen-bond donors (Lipinski definition) is 2. The minimum Gasteiger partial charge on any atom is -0.439 e. The molecule has 0 saturated carbocycles. The lowest BCUT2D eigenvalue weighted by atomic mass is 10.3. The number of rotatable bonds is 5. The highest BCUT2D eigenvalue weighted by Crippen LogP contribution is 2.23. The standard InChI is InChI=1S/C21H17ClN6O2/c1-14-24-19(28-11-10-23-13-28)12-20(25-14)30-18-8-6-17(7-9-18)27-21(29)26-16-4-2-15(22)3-5-16/h2-13H,1H3,(H2,26,27,29). The fourth-order valence-corrected chi connectivity index (χ4v) is 2.78. The number of carbonyl (C=O) groups excluding carboxylic acids is 1. The molecule has 0 spiro atoms. The second kappa shape index (κ2) is 8.62. The van der Waals surface area contributed by atoms with E-state index in [9.17, 15) is 4.79 Å². The number of hydrogen-bond acceptors (Lipinski definition) is 5. The van der Waals surface area contributed by atoms with Gasteiger partial charge in [0.25, 0.3) is 0 Å². The highest BCUT2D eigenvalue weighted by Gasteiger charge is 2.07. The molecule has 2 amide bonds. The summed E-state index contributed by atoms with van der Waals surface area (Å²) in [6, 6.07) is 15.2. The van der Waals surface area contributed by atoms with Gasteiger partial charge in [0.05, 0.1) is 0 Å². The topological polar surface area (TPSA) is 94.0 Å². The van der Waals surface area contributed by atoms with E-state index in [0.29, 0.717) is 39.7 Å². The smallest absolute Gasteiger partial charge is 0.323 e. The number of aromatic nitrogens is 4. The first-order valence-corrected chi connectivity index (χ1v) is 9.38. The van der Waals surface area contributed by atoms with Gasteiger partial charge in [-0.1, -0.05) is 11.6 Å². The molecule has 2 aromatic carbocycles. The fraction of sp³-hybridized carbons (Fsp3) is 0.0476. The highest BCUT2D eigenvalue weighted by molar-refractivity contribution is 6.30. The number of carbonyl (C=O) groups is 1. The van der Waals surface area contributed by atoms with Crippen molar-refractivity contribution < 1.29 is 9.53 Å². The first-order chi connectivity index (χ1) is 14.5. The van der Waals surface area contributed by atoms with E-state index in [0.717, 1.165) is 0 Å². The van der Waals surface area contributed by atoms with Crippen molar-refractivity contribution >= 4 is 29.0 Å². The molecule has 9 heteroatoms. The highest BCUT2D eigenvalue weighted by atomic mass is 35.5. The molecule has 0 aliphatic rings. The Kier molecular flexibility index (Phi) is 5.58. The van der Waals surface area contributed by atoms with Crippen molar-refractivity contribution in [3.63, 3.8) is 0 Å². The van der Waals surface area contributed by atoms with Crippen LogP contribution < -0.4 is 15.4 Å². The number of benzene rings is 2. The molecule has 0 bridgehead atoms. The van der Waals surface area contributed by atoms with Crippen LogP contribution in [0.4, 0.5) is 16.2 Å². The minimum absolute atomic E-state index is 0.359. The number of aryl methyl sites for hydroxylation is 1. The van der Waals surface area contributed by atoms with Gasteiger partial charge in [0.1, 0.15) is 23.7 Å². The molecule has 0 unspecified atom stereocenters. The van der Waals surface area contributed by atoms with Crippen molar-refractivity contribution in [3.05, 3.63) is 84.2 Å². The summed E-state index contributed by atoms with van der Waals surface area (Å²) in [6.45, 7) is 1.79. The summed E-state index contributed by atoms with van der Waals surface area (Å²) in [4.78, 5) is 24.8. The zero-order valence-electron chi connectivity index (χ0n) is 15.9. The van der Waals surface area contributed by atoms with E-state index >= 15 is 0 Å². The average molecular weight is 421 g/mol. The van der Waals surface area contributed by atoms with E-state index in [2.05, 4.69) is 25.6 Å². The number of nitrogens with one attached hydrogen (secondary N) is 2. The van der Waals surface area contributed by atoms with E-state index in [1.54, 1.807) is 84.8 Å². The van der Waals surface area contributed by atoms with Crippen molar-refractivity contribution in [3.8, 4) is 17.4 Å². The summed E-state index contributed by atoms with van der Waals surface area (Å²) >= 11 is 5.84. The quantitative estimate of drug-likeness (QED) is 0.470. The Bertz CT molecular complexity index is 1150. The zero-order chi connectivity index (χ0) is 20.9. The number of amides is 2. The molecule has 2 N–H and O–H groups in total. The van der Waals surface area contributed by atoms with Crippen LogP contribution in [0.15, 0.2) is 73.3 Å². The summed E-state index contributed by atoms with van der Waals surface area (Å²) in [5.74, 6) is 2.22. The van der Waals surface area contributed by atoms with Gasteiger partial charge in [0.2, 0.25) is 5.88 Å². The molecule has 0 aliphatic carbocycles. The Morgan fingerprint density at radius 2 is 1.67 bits per heavy atom. The van der Waals surface area contributed by atoms with Crippen LogP contribution in [0.1, 0.15) is 5.82 Å². The monoisotopic (exact) mass is 420 g/mol. The number of nitrogens with zero attached hydrogens (tertiary/aromatic N) is 4. The normalized spacial score (nSPS) is 10.5. The van der Waals surface area contributed by atoms with Crippen LogP contribution in [0.25, 0.3) is 5.82 Å². The molecule has 30 heavy (non-hydrogen) atoms. The third-order valence-corrected chi connectivity index (χ3v) is 4.26. The molecule has 0 fully saturated rings. The van der Waals surface area contributed by atoms with Crippen LogP contribution in [0.3, 0.4) is 0 Å². The Hall–Kier alpha value is -3.91. The van der Waals surface area contributed by atoms with Crippen LogP contribution in [0.2, 0.25) is 5.02 Å². The number of imidazole rings is 1. The first-order valence-electron chi connectivity index (χ1n) is 9.01. The van der Waals surface area contributed by atoms with Crippen molar-refractivity contribution in [1.82, 2.24) is 19.5 Å². The van der Waals surface area contributed by atoms with Gasteiger partial charge >= 0.3 is 6.03 Å². The second-order valence-electron chi connectivity index (χ2n) is 6.29. The third kappa shape index (κ3) is 4.92. The maximum atomic E-state index is 12.1. The Labute approximate surface area is 177 Å². The second-order valence-corrected chi connectivity index (χ2v) is 6.73. The lowest BCUT2D eigenvalue weighted by Crippen LogP contribution is -2.19. The third-order valence-electron chi connectivity index (χ3n) is 4.01. The summed E-state index contributed by atoms with van der Waals surface area (Å²) in [7, 11) is 0. The number of ether oxygens (including phenoxy) is 1. The van der Waals surface area contributed by atoms with Crippen molar-refractivity contribution in [1.29, 1.82) is 0 Å². The molecule has 2 aromatic heterocycles. The van der Waals surface area contributed by atoms with E-state index in [4.69, 9.17) is 16.3 Å². The lowest BCUT2D eigenvalue weighted by molar-refractivity contribution is 0.262. The molecule has 0 aliphatic heterocycles. The fourth-order valence-electron chi connectivity index (χ4n) is 2.66. The maximum Gasteiger partial charge on any atom is 0.323 e. The predicted molar refractivity (Wildman–Crippen MR) is 115 cm³/mol. The number of halogens is 1. The predicted octanol–water partition coefficient (Wildman–Crippen LogP) is 5.06. The molecule has 0 radical (unpaired) electrons. The molecule has 8 nitrogen and oxygen atoms in total. The van der Waals surface area contributed by atoms with Crippen LogP contribution in [-0.4, -0.2) is 25.6 Å². The molecular weight excluding hydrogens is 404 g/mol. The number of urea groups is 1. The SMILES string of the molecule is Cc1nc(Oc2ccc(NC(=O)Nc3ccc(Cl)cc3)cc2)cc(-n2ccnc2)n1. The van der Waals surface area contributed by atoms with Gasteiger partial charge in [-0.2, -0.15) is 4.98 Å².